The average Bonchev–Trinajstić information content (AvgIpc) is 2.85. The first-order valence-corrected chi connectivity index (χ1v) is 12.2. The maximum Gasteiger partial charge on any atom is 0.266 e. The Balaban J connectivity index is 1.62. The molecule has 33 heavy (non-hydrogen) atoms. The zero-order valence-corrected chi connectivity index (χ0v) is 19.6. The number of amides is 1. The van der Waals surface area contributed by atoms with Gasteiger partial charge in [0.1, 0.15) is 11.6 Å². The summed E-state index contributed by atoms with van der Waals surface area (Å²) in [5, 5.41) is 12.3. The van der Waals surface area contributed by atoms with Crippen LogP contribution in [0.25, 0.3) is 0 Å². The van der Waals surface area contributed by atoms with E-state index in [4.69, 9.17) is 0 Å². The van der Waals surface area contributed by atoms with E-state index in [1.807, 2.05) is 30.3 Å². The Morgan fingerprint density at radius 1 is 1.06 bits per heavy atom. The Morgan fingerprint density at radius 3 is 2.55 bits per heavy atom. The molecule has 3 rings (SSSR count). The fraction of sp³-hybridized carbons (Fsp3) is 0.379. The third-order valence-corrected chi connectivity index (χ3v) is 6.19. The lowest BCUT2D eigenvalue weighted by atomic mass is 9.84. The molecule has 1 aromatic carbocycles. The maximum absolute atomic E-state index is 12.5. The van der Waals surface area contributed by atoms with E-state index in [9.17, 15) is 10.1 Å². The highest BCUT2D eigenvalue weighted by Gasteiger charge is 2.28. The number of nitrogens with zero attached hydrogens (tertiary/aromatic N) is 2. The van der Waals surface area contributed by atoms with Crippen LogP contribution in [0.1, 0.15) is 51.9 Å². The molecule has 1 amide bonds. The Kier molecular flexibility index (Phi) is 9.79. The molecule has 1 aliphatic heterocycles. The summed E-state index contributed by atoms with van der Waals surface area (Å²) in [4.78, 5) is 14.9. The van der Waals surface area contributed by atoms with Gasteiger partial charge in [-0.25, -0.2) is 0 Å². The second-order valence-corrected chi connectivity index (χ2v) is 8.64. The zero-order chi connectivity index (χ0) is 23.3. The largest absolute Gasteiger partial charge is 0.370 e. The molecule has 1 N–H and O–H groups in total. The van der Waals surface area contributed by atoms with Crippen molar-refractivity contribution in [1.82, 2.24) is 4.90 Å². The molecular formula is C29H35N3O. The molecule has 0 radical (unpaired) electrons. The van der Waals surface area contributed by atoms with Crippen LogP contribution in [0.3, 0.4) is 0 Å². The summed E-state index contributed by atoms with van der Waals surface area (Å²) in [6.45, 7) is 3.31. The van der Waals surface area contributed by atoms with Crippen LogP contribution in [0.5, 0.6) is 0 Å². The lowest BCUT2D eigenvalue weighted by Gasteiger charge is -2.38. The van der Waals surface area contributed by atoms with Crippen molar-refractivity contribution in [3.05, 3.63) is 90.2 Å². The molecule has 0 fully saturated rings. The molecule has 4 nitrogen and oxygen atoms in total. The van der Waals surface area contributed by atoms with Gasteiger partial charge in [0.2, 0.25) is 0 Å². The molecule has 172 valence electrons. The predicted octanol–water partition coefficient (Wildman–Crippen LogP) is 6.69. The number of anilines is 1. The van der Waals surface area contributed by atoms with Crippen LogP contribution in [0.2, 0.25) is 0 Å². The van der Waals surface area contributed by atoms with E-state index in [2.05, 4.69) is 53.7 Å². The number of allylic oxidation sites excluding steroid dienone is 5. The number of carbonyl (C=O) groups excluding carboxylic acids is 1. The molecule has 1 aliphatic carbocycles. The standard InChI is InChI=1S/C29H35N3O/c1-2-3-4-5-6-7-13-21-32-22-20-24(27-16-11-12-17-28(27)32)18-19-25(23-30)29(33)31-26-14-9-8-10-15-26/h8-12,14-20,22,27-28H,2-7,13,21H2,1H3,(H,31,33)/b24-18+,25-19+. The van der Waals surface area contributed by atoms with E-state index in [0.717, 1.165) is 12.1 Å². The quantitative estimate of drug-likeness (QED) is 0.236. The summed E-state index contributed by atoms with van der Waals surface area (Å²) in [7, 11) is 0. The number of nitrogens with one attached hydrogen (secondary N) is 1. The second kappa shape index (κ2) is 13.3. The van der Waals surface area contributed by atoms with E-state index in [1.165, 1.54) is 44.9 Å². The number of rotatable bonds is 11. The first kappa shape index (κ1) is 24.3. The molecule has 2 aliphatic rings. The number of carbonyl (C=O) groups is 1. The molecular weight excluding hydrogens is 406 g/mol. The highest BCUT2D eigenvalue weighted by molar-refractivity contribution is 6.06. The van der Waals surface area contributed by atoms with Crippen LogP contribution in [-0.4, -0.2) is 23.4 Å². The zero-order valence-electron chi connectivity index (χ0n) is 19.6. The van der Waals surface area contributed by atoms with E-state index in [0.29, 0.717) is 5.69 Å². The monoisotopic (exact) mass is 441 g/mol. The van der Waals surface area contributed by atoms with Crippen molar-refractivity contribution in [2.24, 2.45) is 5.92 Å². The molecule has 2 unspecified atom stereocenters. The smallest absolute Gasteiger partial charge is 0.266 e. The van der Waals surface area contributed by atoms with E-state index in [-0.39, 0.29) is 17.5 Å². The molecule has 0 spiro atoms. The second-order valence-electron chi connectivity index (χ2n) is 8.64. The number of hydrogen-bond acceptors (Lipinski definition) is 3. The minimum Gasteiger partial charge on any atom is -0.370 e. The maximum atomic E-state index is 12.5. The third-order valence-electron chi connectivity index (χ3n) is 6.19. The summed E-state index contributed by atoms with van der Waals surface area (Å²) >= 11 is 0. The van der Waals surface area contributed by atoms with Crippen molar-refractivity contribution in [1.29, 1.82) is 5.26 Å². The van der Waals surface area contributed by atoms with Crippen molar-refractivity contribution in [2.45, 2.75) is 57.9 Å². The van der Waals surface area contributed by atoms with Gasteiger partial charge in [0.25, 0.3) is 5.91 Å². The summed E-state index contributed by atoms with van der Waals surface area (Å²) in [5.41, 5.74) is 1.88. The van der Waals surface area contributed by atoms with Crippen molar-refractivity contribution in [3.63, 3.8) is 0 Å². The molecule has 2 atom stereocenters. The number of benzene rings is 1. The topological polar surface area (TPSA) is 56.1 Å². The average molecular weight is 442 g/mol. The predicted molar refractivity (Wildman–Crippen MR) is 136 cm³/mol. The van der Waals surface area contributed by atoms with Gasteiger partial charge in [-0.2, -0.15) is 5.26 Å². The minimum atomic E-state index is -0.392. The van der Waals surface area contributed by atoms with Gasteiger partial charge >= 0.3 is 0 Å². The van der Waals surface area contributed by atoms with E-state index < -0.39 is 5.91 Å². The van der Waals surface area contributed by atoms with Crippen LogP contribution in [0, 0.1) is 17.2 Å². The molecule has 1 aromatic rings. The molecule has 1 heterocycles. The minimum absolute atomic E-state index is 0.0946. The number of nitriles is 1. The lowest BCUT2D eigenvalue weighted by Crippen LogP contribution is -2.39. The summed E-state index contributed by atoms with van der Waals surface area (Å²) in [6.07, 6.45) is 25.6. The van der Waals surface area contributed by atoms with Crippen molar-refractivity contribution in [2.75, 3.05) is 11.9 Å². The fourth-order valence-corrected chi connectivity index (χ4v) is 4.32. The molecule has 4 heteroatoms. The summed E-state index contributed by atoms with van der Waals surface area (Å²) in [6, 6.07) is 11.5. The van der Waals surface area contributed by atoms with E-state index >= 15 is 0 Å². The highest BCUT2D eigenvalue weighted by atomic mass is 16.1. The number of para-hydroxylation sites is 1. The molecule has 0 aromatic heterocycles. The normalized spacial score (nSPS) is 20.5. The van der Waals surface area contributed by atoms with Crippen molar-refractivity contribution < 1.29 is 4.79 Å². The van der Waals surface area contributed by atoms with Gasteiger partial charge in [-0.15, -0.1) is 0 Å². The highest BCUT2D eigenvalue weighted by Crippen LogP contribution is 2.31. The van der Waals surface area contributed by atoms with Gasteiger partial charge in [0, 0.05) is 18.2 Å². The van der Waals surface area contributed by atoms with Crippen LogP contribution >= 0.6 is 0 Å². The Hall–Kier alpha value is -3.32. The third kappa shape index (κ3) is 7.36. The number of unbranched alkanes of at least 4 members (excludes halogenated alkanes) is 6. The van der Waals surface area contributed by atoms with Crippen LogP contribution < -0.4 is 5.32 Å². The van der Waals surface area contributed by atoms with Gasteiger partial charge in [-0.1, -0.05) is 94.0 Å². The summed E-state index contributed by atoms with van der Waals surface area (Å²) in [5.74, 6) is -0.172. The van der Waals surface area contributed by atoms with Gasteiger partial charge in [0.15, 0.2) is 0 Å². The van der Waals surface area contributed by atoms with E-state index in [1.54, 1.807) is 18.2 Å². The van der Waals surface area contributed by atoms with Crippen molar-refractivity contribution >= 4 is 11.6 Å². The fourth-order valence-electron chi connectivity index (χ4n) is 4.32. The van der Waals surface area contributed by atoms with Crippen LogP contribution in [0.4, 0.5) is 5.69 Å². The van der Waals surface area contributed by atoms with Gasteiger partial charge in [-0.05, 0) is 42.5 Å². The summed E-state index contributed by atoms with van der Waals surface area (Å²) < 4.78 is 0. The van der Waals surface area contributed by atoms with Gasteiger partial charge in [-0.3, -0.25) is 4.79 Å². The Labute approximate surface area is 198 Å². The van der Waals surface area contributed by atoms with Crippen LogP contribution in [0.15, 0.2) is 90.2 Å². The number of hydrogen-bond donors (Lipinski definition) is 1. The first-order chi connectivity index (χ1) is 16.2. The van der Waals surface area contributed by atoms with Gasteiger partial charge < -0.3 is 10.2 Å². The molecule has 0 saturated carbocycles. The SMILES string of the molecule is CCCCCCCCCN1C=C/C(=C\C=C(/C#N)C(=O)Nc2ccccc2)C2C=CC=CC21. The number of fused-ring (bicyclic) bond motifs is 1. The van der Waals surface area contributed by atoms with Gasteiger partial charge in [0.05, 0.1) is 6.04 Å². The Morgan fingerprint density at radius 2 is 1.79 bits per heavy atom. The van der Waals surface area contributed by atoms with Crippen LogP contribution in [-0.2, 0) is 4.79 Å². The molecule has 0 bridgehead atoms. The van der Waals surface area contributed by atoms with Crippen molar-refractivity contribution in [3.8, 4) is 6.07 Å². The first-order valence-electron chi connectivity index (χ1n) is 12.2. The molecule has 0 saturated heterocycles. The Bertz CT molecular complexity index is 962. The lowest BCUT2D eigenvalue weighted by molar-refractivity contribution is -0.112.